The van der Waals surface area contributed by atoms with Crippen molar-refractivity contribution in [2.45, 2.75) is 62.0 Å². The average Bonchev–Trinajstić information content (AvgIpc) is 2.63. The molecule has 0 amide bonds. The molecule has 1 aromatic carbocycles. The average molecular weight is 350 g/mol. The van der Waals surface area contributed by atoms with E-state index in [1.807, 2.05) is 18.2 Å². The van der Waals surface area contributed by atoms with Crippen LogP contribution in [0.3, 0.4) is 0 Å². The first-order chi connectivity index (χ1) is 11.7. The highest BCUT2D eigenvalue weighted by molar-refractivity contribution is 8.01. The largest absolute Gasteiger partial charge is 0.465 e. The lowest BCUT2D eigenvalue weighted by Gasteiger charge is -2.34. The molecule has 2 rings (SSSR count). The maximum atomic E-state index is 12.9. The van der Waals surface area contributed by atoms with Gasteiger partial charge in [0.05, 0.1) is 6.61 Å². The summed E-state index contributed by atoms with van der Waals surface area (Å²) in [5, 5.41) is 0. The second-order valence-electron chi connectivity index (χ2n) is 6.49. The Morgan fingerprint density at radius 2 is 1.79 bits per heavy atom. The summed E-state index contributed by atoms with van der Waals surface area (Å²) in [6.45, 7) is 7.98. The van der Waals surface area contributed by atoms with E-state index in [1.54, 1.807) is 11.8 Å². The molecule has 0 bridgehead atoms. The molecule has 0 saturated heterocycles. The van der Waals surface area contributed by atoms with Gasteiger partial charge in [-0.25, -0.2) is 0 Å². The summed E-state index contributed by atoms with van der Waals surface area (Å²) in [5.41, 5.74) is 0. The number of carbonyl (C=O) groups excluding carboxylic acids is 1. The Hall–Kier alpha value is -1.00. The summed E-state index contributed by atoms with van der Waals surface area (Å²) in [5.74, 6) is -0.00407. The number of esters is 1. The van der Waals surface area contributed by atoms with Crippen LogP contribution in [0.2, 0.25) is 0 Å². The third kappa shape index (κ3) is 5.52. The number of nitrogens with zero attached hydrogens (tertiary/aromatic N) is 1. The molecule has 4 heteroatoms. The number of hydrogen-bond donors (Lipinski definition) is 0. The molecule has 1 fully saturated rings. The third-order valence-electron chi connectivity index (χ3n) is 4.84. The van der Waals surface area contributed by atoms with E-state index in [4.69, 9.17) is 4.74 Å². The number of rotatable bonds is 9. The van der Waals surface area contributed by atoms with Crippen LogP contribution in [0.1, 0.15) is 52.4 Å². The van der Waals surface area contributed by atoms with Gasteiger partial charge in [-0.1, -0.05) is 51.3 Å². The van der Waals surface area contributed by atoms with Gasteiger partial charge in [0.2, 0.25) is 0 Å². The molecule has 0 heterocycles. The number of hydrogen-bond acceptors (Lipinski definition) is 4. The van der Waals surface area contributed by atoms with Crippen molar-refractivity contribution < 1.29 is 9.53 Å². The summed E-state index contributed by atoms with van der Waals surface area (Å²) < 4.78 is 5.33. The topological polar surface area (TPSA) is 29.5 Å². The molecule has 1 aliphatic rings. The second kappa shape index (κ2) is 10.1. The first-order valence-corrected chi connectivity index (χ1v) is 10.2. The molecule has 0 radical (unpaired) electrons. The Balaban J connectivity index is 1.91. The number of benzene rings is 1. The normalized spacial score (nSPS) is 17.0. The van der Waals surface area contributed by atoms with Crippen molar-refractivity contribution in [3.05, 3.63) is 30.3 Å². The van der Waals surface area contributed by atoms with Gasteiger partial charge in [0.15, 0.2) is 0 Å². The smallest absolute Gasteiger partial charge is 0.322 e. The van der Waals surface area contributed by atoms with Gasteiger partial charge in [-0.3, -0.25) is 4.79 Å². The van der Waals surface area contributed by atoms with Gasteiger partial charge in [0.25, 0.3) is 0 Å². The zero-order valence-electron chi connectivity index (χ0n) is 15.1. The van der Waals surface area contributed by atoms with Gasteiger partial charge < -0.3 is 9.64 Å². The molecule has 134 valence electrons. The molecule has 0 aromatic heterocycles. The maximum Gasteiger partial charge on any atom is 0.322 e. The van der Waals surface area contributed by atoms with Crippen LogP contribution in [0, 0.1) is 0 Å². The van der Waals surface area contributed by atoms with E-state index in [-0.39, 0.29) is 10.7 Å². The highest BCUT2D eigenvalue weighted by Crippen LogP contribution is 2.44. The van der Waals surface area contributed by atoms with Crippen LogP contribution in [0.25, 0.3) is 0 Å². The Kier molecular flexibility index (Phi) is 8.13. The van der Waals surface area contributed by atoms with E-state index < -0.39 is 0 Å². The highest BCUT2D eigenvalue weighted by Gasteiger charge is 2.42. The van der Waals surface area contributed by atoms with Gasteiger partial charge in [0.1, 0.15) is 4.75 Å². The molecule has 1 saturated carbocycles. The minimum atomic E-state index is -0.380. The van der Waals surface area contributed by atoms with Gasteiger partial charge in [-0.05, 0) is 44.5 Å². The van der Waals surface area contributed by atoms with Crippen molar-refractivity contribution in [2.24, 2.45) is 0 Å². The fourth-order valence-corrected chi connectivity index (χ4v) is 4.69. The number of thioether (sulfide) groups is 1. The van der Waals surface area contributed by atoms with Crippen LogP contribution in [-0.2, 0) is 9.53 Å². The van der Waals surface area contributed by atoms with Gasteiger partial charge in [-0.2, -0.15) is 0 Å². The van der Waals surface area contributed by atoms with Crippen LogP contribution in [0.4, 0.5) is 0 Å². The van der Waals surface area contributed by atoms with Crippen molar-refractivity contribution >= 4 is 17.7 Å². The molecule has 0 atom stereocenters. The summed E-state index contributed by atoms with van der Waals surface area (Å²) in [6.07, 6.45) is 6.25. The predicted molar refractivity (Wildman–Crippen MR) is 101 cm³/mol. The van der Waals surface area contributed by atoms with Crippen molar-refractivity contribution in [3.8, 4) is 0 Å². The molecular weight excluding hydrogens is 318 g/mol. The predicted octanol–water partition coefficient (Wildman–Crippen LogP) is 4.76. The van der Waals surface area contributed by atoms with E-state index in [9.17, 15) is 4.79 Å². The Morgan fingerprint density at radius 3 is 2.42 bits per heavy atom. The Morgan fingerprint density at radius 1 is 1.12 bits per heavy atom. The summed E-state index contributed by atoms with van der Waals surface area (Å²) in [6, 6.07) is 10.3. The minimum absolute atomic E-state index is 0.00407. The van der Waals surface area contributed by atoms with Gasteiger partial charge in [-0.15, -0.1) is 11.8 Å². The standard InChI is InChI=1S/C20H31NO2S/c1-3-21(4-2)16-11-17-23-19(22)20(14-9-6-10-15-20)24-18-12-7-5-8-13-18/h5,7-8,12-13H,3-4,6,9-11,14-17H2,1-2H3. The van der Waals surface area contributed by atoms with Crippen LogP contribution >= 0.6 is 11.8 Å². The molecule has 0 N–H and O–H groups in total. The van der Waals surface area contributed by atoms with Crippen molar-refractivity contribution in [3.63, 3.8) is 0 Å². The van der Waals surface area contributed by atoms with E-state index in [2.05, 4.69) is 30.9 Å². The minimum Gasteiger partial charge on any atom is -0.465 e. The first kappa shape index (κ1) is 19.3. The fraction of sp³-hybridized carbons (Fsp3) is 0.650. The summed E-state index contributed by atoms with van der Waals surface area (Å²) >= 11 is 1.71. The van der Waals surface area contributed by atoms with Gasteiger partial charge in [0, 0.05) is 11.4 Å². The van der Waals surface area contributed by atoms with Gasteiger partial charge >= 0.3 is 5.97 Å². The monoisotopic (exact) mass is 349 g/mol. The first-order valence-electron chi connectivity index (χ1n) is 9.34. The highest BCUT2D eigenvalue weighted by atomic mass is 32.2. The lowest BCUT2D eigenvalue weighted by atomic mass is 9.88. The third-order valence-corrected chi connectivity index (χ3v) is 6.31. The molecule has 1 aliphatic carbocycles. The molecular formula is C20H31NO2S. The van der Waals surface area contributed by atoms with Crippen molar-refractivity contribution in [1.82, 2.24) is 4.90 Å². The van der Waals surface area contributed by atoms with Crippen molar-refractivity contribution in [2.75, 3.05) is 26.2 Å². The number of ether oxygens (including phenoxy) is 1. The zero-order chi connectivity index (χ0) is 17.3. The van der Waals surface area contributed by atoms with Crippen molar-refractivity contribution in [1.29, 1.82) is 0 Å². The Bertz CT molecular complexity index is 482. The second-order valence-corrected chi connectivity index (χ2v) is 7.94. The Labute approximate surface area is 151 Å². The van der Waals surface area contributed by atoms with E-state index in [1.165, 1.54) is 11.3 Å². The van der Waals surface area contributed by atoms with E-state index in [0.717, 1.165) is 51.7 Å². The molecule has 3 nitrogen and oxygen atoms in total. The van der Waals surface area contributed by atoms with E-state index in [0.29, 0.717) is 6.61 Å². The fourth-order valence-electron chi connectivity index (χ4n) is 3.31. The van der Waals surface area contributed by atoms with Crippen LogP contribution in [-0.4, -0.2) is 41.9 Å². The lowest BCUT2D eigenvalue weighted by molar-refractivity contribution is -0.147. The lowest BCUT2D eigenvalue weighted by Crippen LogP contribution is -2.39. The zero-order valence-corrected chi connectivity index (χ0v) is 15.9. The molecule has 0 unspecified atom stereocenters. The number of carbonyl (C=O) groups is 1. The van der Waals surface area contributed by atoms with Crippen LogP contribution in [0.15, 0.2) is 35.2 Å². The maximum absolute atomic E-state index is 12.9. The summed E-state index contributed by atoms with van der Waals surface area (Å²) in [7, 11) is 0. The molecule has 24 heavy (non-hydrogen) atoms. The molecule has 0 spiro atoms. The van der Waals surface area contributed by atoms with Crippen LogP contribution in [0.5, 0.6) is 0 Å². The molecule has 0 aliphatic heterocycles. The summed E-state index contributed by atoms with van der Waals surface area (Å²) in [4.78, 5) is 16.4. The quantitative estimate of drug-likeness (QED) is 0.475. The van der Waals surface area contributed by atoms with E-state index >= 15 is 0 Å². The van der Waals surface area contributed by atoms with Crippen LogP contribution < -0.4 is 0 Å². The molecule has 1 aromatic rings. The SMILES string of the molecule is CCN(CC)CCCOC(=O)C1(Sc2ccccc2)CCCCC1.